The normalized spacial score (nSPS) is 17.3. The average molecular weight is 634 g/mol. The highest BCUT2D eigenvalue weighted by Crippen LogP contribution is 2.35. The van der Waals surface area contributed by atoms with Crippen LogP contribution in [-0.4, -0.2) is 79.7 Å². The van der Waals surface area contributed by atoms with Gasteiger partial charge in [0.25, 0.3) is 5.91 Å². The smallest absolute Gasteiger partial charge is 0.410 e. The first-order valence-corrected chi connectivity index (χ1v) is 15.5. The fourth-order valence-electron chi connectivity index (χ4n) is 5.80. The number of nitrogens with two attached hydrogens (primary N) is 1. The largest absolute Gasteiger partial charge is 0.488 e. The molecule has 12 heteroatoms. The summed E-state index contributed by atoms with van der Waals surface area (Å²) < 4.78 is 19.3. The summed E-state index contributed by atoms with van der Waals surface area (Å²) in [7, 11) is 1.91. The van der Waals surface area contributed by atoms with Gasteiger partial charge in [-0.15, -0.1) is 0 Å². The molecular formula is C34H43N5O7. The fourth-order valence-corrected chi connectivity index (χ4v) is 5.80. The Morgan fingerprint density at radius 1 is 1.04 bits per heavy atom. The van der Waals surface area contributed by atoms with Crippen molar-refractivity contribution in [2.24, 2.45) is 12.8 Å². The molecule has 5 rings (SSSR count). The quantitative estimate of drug-likeness (QED) is 0.355. The van der Waals surface area contributed by atoms with Gasteiger partial charge in [-0.3, -0.25) is 14.4 Å². The lowest BCUT2D eigenvalue weighted by Crippen LogP contribution is -2.45. The third kappa shape index (κ3) is 7.27. The van der Waals surface area contributed by atoms with Crippen molar-refractivity contribution in [3.63, 3.8) is 0 Å². The zero-order chi connectivity index (χ0) is 33.6. The van der Waals surface area contributed by atoms with E-state index in [4.69, 9.17) is 24.9 Å². The number of aryl methyl sites for hydroxylation is 1. The third-order valence-electron chi connectivity index (χ3n) is 7.87. The van der Waals surface area contributed by atoms with E-state index in [1.54, 1.807) is 31.7 Å². The number of carbonyl (C=O) groups excluding carboxylic acids is 4. The summed E-state index contributed by atoms with van der Waals surface area (Å²) in [5, 5.41) is 0.846. The molecule has 12 nitrogen and oxygen atoms in total. The molecule has 2 aromatic heterocycles. The Balaban J connectivity index is 1.36. The highest BCUT2D eigenvalue weighted by atomic mass is 16.6. The average Bonchev–Trinajstić information content (AvgIpc) is 3.65. The number of esters is 1. The summed E-state index contributed by atoms with van der Waals surface area (Å²) >= 11 is 0. The number of benzene rings is 1. The number of pyridine rings is 1. The van der Waals surface area contributed by atoms with Crippen molar-refractivity contribution >= 4 is 34.9 Å². The van der Waals surface area contributed by atoms with Crippen LogP contribution in [0.5, 0.6) is 5.75 Å². The van der Waals surface area contributed by atoms with Crippen LogP contribution in [0.4, 0.5) is 4.79 Å². The Kier molecular flexibility index (Phi) is 8.76. The van der Waals surface area contributed by atoms with Crippen LogP contribution in [0.15, 0.2) is 36.5 Å². The molecule has 0 unspecified atom stereocenters. The lowest BCUT2D eigenvalue weighted by molar-refractivity contribution is -0.155. The zero-order valence-corrected chi connectivity index (χ0v) is 27.6. The number of nitrogens with zero attached hydrogens (tertiary/aromatic N) is 4. The molecule has 4 heterocycles. The van der Waals surface area contributed by atoms with Gasteiger partial charge < -0.3 is 34.3 Å². The van der Waals surface area contributed by atoms with Gasteiger partial charge in [0.2, 0.25) is 5.91 Å². The van der Waals surface area contributed by atoms with Crippen LogP contribution < -0.4 is 10.5 Å². The molecule has 0 aliphatic carbocycles. The maximum absolute atomic E-state index is 13.4. The summed E-state index contributed by atoms with van der Waals surface area (Å²) in [6, 6.07) is 8.30. The number of hydrogen-bond donors (Lipinski definition) is 1. The number of fused-ring (bicyclic) bond motifs is 2. The third-order valence-corrected chi connectivity index (χ3v) is 7.87. The van der Waals surface area contributed by atoms with E-state index in [-0.39, 0.29) is 37.5 Å². The van der Waals surface area contributed by atoms with Crippen LogP contribution >= 0.6 is 0 Å². The summed E-state index contributed by atoms with van der Waals surface area (Å²) in [6.07, 6.45) is 2.02. The maximum Gasteiger partial charge on any atom is 0.410 e. The zero-order valence-electron chi connectivity index (χ0n) is 27.6. The van der Waals surface area contributed by atoms with Crippen LogP contribution in [0.1, 0.15) is 76.7 Å². The van der Waals surface area contributed by atoms with Crippen LogP contribution in [0.3, 0.4) is 0 Å². The Hall–Kier alpha value is -4.61. The predicted molar refractivity (Wildman–Crippen MR) is 171 cm³/mol. The van der Waals surface area contributed by atoms with Crippen molar-refractivity contribution in [3.05, 3.63) is 47.7 Å². The molecule has 1 fully saturated rings. The molecule has 0 radical (unpaired) electrons. The first-order valence-electron chi connectivity index (χ1n) is 15.5. The van der Waals surface area contributed by atoms with Crippen LogP contribution in [0.2, 0.25) is 0 Å². The van der Waals surface area contributed by atoms with Crippen molar-refractivity contribution < 1.29 is 33.4 Å². The number of hydrogen-bond acceptors (Lipinski definition) is 8. The molecule has 46 heavy (non-hydrogen) atoms. The topological polar surface area (TPSA) is 146 Å². The Labute approximate surface area is 268 Å². The van der Waals surface area contributed by atoms with E-state index in [9.17, 15) is 19.2 Å². The van der Waals surface area contributed by atoms with Crippen molar-refractivity contribution in [1.29, 1.82) is 0 Å². The molecular weight excluding hydrogens is 590 g/mol. The van der Waals surface area contributed by atoms with Crippen LogP contribution in [0, 0.1) is 0 Å². The van der Waals surface area contributed by atoms with Gasteiger partial charge in [-0.2, -0.15) is 0 Å². The minimum Gasteiger partial charge on any atom is -0.488 e. The van der Waals surface area contributed by atoms with Gasteiger partial charge in [0.05, 0.1) is 17.6 Å². The van der Waals surface area contributed by atoms with Gasteiger partial charge in [-0.25, -0.2) is 9.78 Å². The number of amides is 3. The molecule has 2 N–H and O–H groups in total. The molecule has 1 saturated heterocycles. The maximum atomic E-state index is 13.4. The fraction of sp³-hybridized carbons (Fsp3) is 0.500. The molecule has 3 aromatic rings. The number of rotatable bonds is 8. The van der Waals surface area contributed by atoms with Gasteiger partial charge in [-0.05, 0) is 71.7 Å². The van der Waals surface area contributed by atoms with Gasteiger partial charge in [-0.1, -0.05) is 6.07 Å². The first kappa shape index (κ1) is 32.8. The predicted octanol–water partition coefficient (Wildman–Crippen LogP) is 4.56. The second-order valence-electron chi connectivity index (χ2n) is 14.0. The summed E-state index contributed by atoms with van der Waals surface area (Å²) in [5.74, 6) is -0.814. The van der Waals surface area contributed by atoms with Crippen molar-refractivity contribution in [1.82, 2.24) is 19.4 Å². The summed E-state index contributed by atoms with van der Waals surface area (Å²) in [4.78, 5) is 58.7. The van der Waals surface area contributed by atoms with Crippen LogP contribution in [0.25, 0.3) is 22.3 Å². The Morgan fingerprint density at radius 2 is 1.76 bits per heavy atom. The van der Waals surface area contributed by atoms with Gasteiger partial charge in [0.1, 0.15) is 34.7 Å². The molecule has 0 saturated carbocycles. The summed E-state index contributed by atoms with van der Waals surface area (Å²) in [6.45, 7) is 11.9. The number of primary amides is 1. The van der Waals surface area contributed by atoms with Crippen molar-refractivity contribution in [3.8, 4) is 17.0 Å². The second-order valence-corrected chi connectivity index (χ2v) is 14.0. The number of carbonyl (C=O) groups is 4. The molecule has 246 valence electrons. The van der Waals surface area contributed by atoms with E-state index < -0.39 is 29.1 Å². The highest BCUT2D eigenvalue weighted by molar-refractivity contribution is 6.01. The minimum absolute atomic E-state index is 0.0455. The van der Waals surface area contributed by atoms with Gasteiger partial charge >= 0.3 is 12.1 Å². The highest BCUT2D eigenvalue weighted by Gasteiger charge is 2.36. The van der Waals surface area contributed by atoms with E-state index in [0.717, 1.165) is 22.2 Å². The lowest BCUT2D eigenvalue weighted by Gasteiger charge is -2.25. The van der Waals surface area contributed by atoms with Crippen LogP contribution in [-0.2, 0) is 32.7 Å². The van der Waals surface area contributed by atoms with Crippen molar-refractivity contribution in [2.45, 2.75) is 90.7 Å². The summed E-state index contributed by atoms with van der Waals surface area (Å²) in [5.41, 5.74) is 7.81. The molecule has 0 bridgehead atoms. The molecule has 2 aliphatic heterocycles. The molecule has 3 amide bonds. The number of likely N-dealkylation sites (tertiary alicyclic amines) is 1. The standard InChI is InChI=1S/C34H43N5O7/c1-33(2,3)45-28(40)11-10-26(29(35)41)39-18-21-16-20(8-9-23(21)31(39)42)25-17-27(24-13-14-37(7)30(24)36-25)44-22-12-15-38(19-22)32(43)46-34(4,5)6/h8-9,13-14,16-17,22,26H,10-12,15,18-19H2,1-7H3,(H2,35,41)/t22-,26+/m1/s1. The van der Waals surface area contributed by atoms with Gasteiger partial charge in [0.15, 0.2) is 0 Å². The minimum atomic E-state index is -0.958. The molecule has 2 aliphatic rings. The van der Waals surface area contributed by atoms with E-state index >= 15 is 0 Å². The monoisotopic (exact) mass is 633 g/mol. The SMILES string of the molecule is Cn1ccc2c(O[C@@H]3CCN(C(=O)OC(C)(C)C)C3)cc(-c3ccc4c(c3)CN([C@@H](CCC(=O)OC(C)(C)C)C(N)=O)C4=O)nc21. The van der Waals surface area contributed by atoms with E-state index in [0.29, 0.717) is 36.5 Å². The molecule has 0 spiro atoms. The van der Waals surface area contributed by atoms with Gasteiger partial charge in [0, 0.05) is 56.4 Å². The second kappa shape index (κ2) is 12.3. The molecule has 2 atom stereocenters. The number of aromatic nitrogens is 2. The number of ether oxygens (including phenoxy) is 3. The van der Waals surface area contributed by atoms with E-state index in [1.165, 1.54) is 4.90 Å². The Morgan fingerprint density at radius 3 is 2.43 bits per heavy atom. The molecule has 1 aromatic carbocycles. The van der Waals surface area contributed by atoms with E-state index in [2.05, 4.69) is 0 Å². The lowest BCUT2D eigenvalue weighted by atomic mass is 10.0. The van der Waals surface area contributed by atoms with E-state index in [1.807, 2.05) is 62.8 Å². The first-order chi connectivity index (χ1) is 21.5. The van der Waals surface area contributed by atoms with Crippen molar-refractivity contribution in [2.75, 3.05) is 13.1 Å². The Bertz CT molecular complexity index is 1680.